The van der Waals surface area contributed by atoms with Crippen LogP contribution in [0.4, 0.5) is 0 Å². The molecule has 1 heterocycles. The van der Waals surface area contributed by atoms with Crippen molar-refractivity contribution >= 4 is 11.6 Å². The highest BCUT2D eigenvalue weighted by molar-refractivity contribution is 6.31. The van der Waals surface area contributed by atoms with E-state index in [1.54, 1.807) is 0 Å². The normalized spacial score (nSPS) is 10.1. The van der Waals surface area contributed by atoms with Gasteiger partial charge in [-0.05, 0) is 0 Å². The molecular formula is C7H9ClN2O. The molecule has 11 heavy (non-hydrogen) atoms. The van der Waals surface area contributed by atoms with Crippen LogP contribution >= 0.6 is 11.6 Å². The molecule has 0 aliphatic carbocycles. The first-order valence-corrected chi connectivity index (χ1v) is 3.77. The summed E-state index contributed by atoms with van der Waals surface area (Å²) < 4.78 is 0. The summed E-state index contributed by atoms with van der Waals surface area (Å²) in [6.45, 7) is 1.82. The second-order valence-corrected chi connectivity index (χ2v) is 2.50. The Labute approximate surface area is 70.1 Å². The summed E-state index contributed by atoms with van der Waals surface area (Å²) in [6.07, 6.45) is 2.27. The molecule has 0 spiro atoms. The number of aliphatic hydroxyl groups excluding tert-OH is 1. The smallest absolute Gasteiger partial charge is 0.128 e. The van der Waals surface area contributed by atoms with Gasteiger partial charge in [-0.25, -0.2) is 9.97 Å². The fourth-order valence-corrected chi connectivity index (χ4v) is 0.876. The fourth-order valence-electron chi connectivity index (χ4n) is 0.725. The molecule has 60 valence electrons. The van der Waals surface area contributed by atoms with E-state index in [0.29, 0.717) is 16.5 Å². The minimum Gasteiger partial charge on any atom is -0.390 e. The number of aliphatic hydroxyl groups is 1. The van der Waals surface area contributed by atoms with Crippen molar-refractivity contribution in [2.75, 3.05) is 0 Å². The van der Waals surface area contributed by atoms with Crippen LogP contribution in [-0.4, -0.2) is 15.1 Å². The quantitative estimate of drug-likeness (QED) is 0.729. The summed E-state index contributed by atoms with van der Waals surface area (Å²) in [4.78, 5) is 7.97. The number of rotatable bonds is 2. The van der Waals surface area contributed by atoms with Crippen LogP contribution in [-0.2, 0) is 13.0 Å². The van der Waals surface area contributed by atoms with Crippen LogP contribution in [0.2, 0.25) is 5.02 Å². The first-order chi connectivity index (χ1) is 5.27. The van der Waals surface area contributed by atoms with E-state index < -0.39 is 0 Å². The SMILES string of the molecule is CCc1ncc(Cl)c(CO)n1. The molecule has 0 aromatic carbocycles. The van der Waals surface area contributed by atoms with Crippen LogP contribution in [0.25, 0.3) is 0 Å². The van der Waals surface area contributed by atoms with Crippen molar-refractivity contribution in [3.8, 4) is 0 Å². The molecular weight excluding hydrogens is 164 g/mol. The third kappa shape index (κ3) is 1.88. The third-order valence-electron chi connectivity index (χ3n) is 1.33. The molecule has 1 N–H and O–H groups in total. The zero-order valence-electron chi connectivity index (χ0n) is 6.21. The molecule has 0 fully saturated rings. The van der Waals surface area contributed by atoms with E-state index in [1.165, 1.54) is 6.20 Å². The zero-order valence-corrected chi connectivity index (χ0v) is 6.97. The molecule has 3 nitrogen and oxygen atoms in total. The Balaban J connectivity index is 3.02. The second kappa shape index (κ2) is 3.64. The molecule has 0 amide bonds. The first-order valence-electron chi connectivity index (χ1n) is 3.39. The van der Waals surface area contributed by atoms with E-state index in [9.17, 15) is 0 Å². The van der Waals surface area contributed by atoms with Gasteiger partial charge < -0.3 is 5.11 Å². The highest BCUT2D eigenvalue weighted by atomic mass is 35.5. The van der Waals surface area contributed by atoms with E-state index in [-0.39, 0.29) is 6.61 Å². The number of aryl methyl sites for hydroxylation is 1. The number of halogens is 1. The van der Waals surface area contributed by atoms with Crippen molar-refractivity contribution in [2.24, 2.45) is 0 Å². The van der Waals surface area contributed by atoms with Crippen LogP contribution in [0.3, 0.4) is 0 Å². The molecule has 0 aliphatic heterocycles. The van der Waals surface area contributed by atoms with Crippen molar-refractivity contribution in [3.05, 3.63) is 22.7 Å². The van der Waals surface area contributed by atoms with Gasteiger partial charge in [0.1, 0.15) is 5.82 Å². The van der Waals surface area contributed by atoms with Crippen LogP contribution in [0.1, 0.15) is 18.4 Å². The van der Waals surface area contributed by atoms with Gasteiger partial charge in [-0.2, -0.15) is 0 Å². The van der Waals surface area contributed by atoms with Crippen LogP contribution in [0, 0.1) is 0 Å². The molecule has 0 saturated carbocycles. The zero-order chi connectivity index (χ0) is 8.27. The van der Waals surface area contributed by atoms with Gasteiger partial charge >= 0.3 is 0 Å². The number of hydrogen-bond acceptors (Lipinski definition) is 3. The monoisotopic (exact) mass is 172 g/mol. The van der Waals surface area contributed by atoms with E-state index in [4.69, 9.17) is 16.7 Å². The summed E-state index contributed by atoms with van der Waals surface area (Å²) in [5.74, 6) is 0.707. The number of nitrogens with zero attached hydrogens (tertiary/aromatic N) is 2. The van der Waals surface area contributed by atoms with Crippen molar-refractivity contribution in [1.29, 1.82) is 0 Å². The van der Waals surface area contributed by atoms with Crippen molar-refractivity contribution < 1.29 is 5.11 Å². The Morgan fingerprint density at radius 1 is 1.64 bits per heavy atom. The molecule has 0 atom stereocenters. The predicted octanol–water partition coefficient (Wildman–Crippen LogP) is 1.18. The topological polar surface area (TPSA) is 46.0 Å². The Morgan fingerprint density at radius 3 is 2.91 bits per heavy atom. The van der Waals surface area contributed by atoms with Gasteiger partial charge in [-0.15, -0.1) is 0 Å². The van der Waals surface area contributed by atoms with Crippen molar-refractivity contribution in [2.45, 2.75) is 20.0 Å². The lowest BCUT2D eigenvalue weighted by Gasteiger charge is -2.00. The van der Waals surface area contributed by atoms with Gasteiger partial charge in [-0.1, -0.05) is 18.5 Å². The third-order valence-corrected chi connectivity index (χ3v) is 1.65. The molecule has 0 unspecified atom stereocenters. The molecule has 1 aromatic rings. The molecule has 1 rings (SSSR count). The second-order valence-electron chi connectivity index (χ2n) is 2.09. The Morgan fingerprint density at radius 2 is 2.36 bits per heavy atom. The molecule has 0 saturated heterocycles. The average Bonchev–Trinajstić information content (AvgIpc) is 2.05. The number of aromatic nitrogens is 2. The van der Waals surface area contributed by atoms with E-state index in [2.05, 4.69) is 9.97 Å². The van der Waals surface area contributed by atoms with Gasteiger partial charge in [0.05, 0.1) is 17.3 Å². The largest absolute Gasteiger partial charge is 0.390 e. The lowest BCUT2D eigenvalue weighted by Crippen LogP contribution is -1.98. The van der Waals surface area contributed by atoms with Gasteiger partial charge in [0, 0.05) is 12.6 Å². The number of hydrogen-bond donors (Lipinski definition) is 1. The lowest BCUT2D eigenvalue weighted by molar-refractivity contribution is 0.276. The summed E-state index contributed by atoms with van der Waals surface area (Å²) in [7, 11) is 0. The van der Waals surface area contributed by atoms with E-state index in [0.717, 1.165) is 6.42 Å². The van der Waals surface area contributed by atoms with Gasteiger partial charge in [0.25, 0.3) is 0 Å². The maximum Gasteiger partial charge on any atom is 0.128 e. The maximum atomic E-state index is 8.76. The van der Waals surface area contributed by atoms with E-state index in [1.807, 2.05) is 6.92 Å². The van der Waals surface area contributed by atoms with Gasteiger partial charge in [0.15, 0.2) is 0 Å². The highest BCUT2D eigenvalue weighted by Crippen LogP contribution is 2.11. The van der Waals surface area contributed by atoms with Crippen molar-refractivity contribution in [3.63, 3.8) is 0 Å². The fraction of sp³-hybridized carbons (Fsp3) is 0.429. The molecule has 4 heteroatoms. The summed E-state index contributed by atoms with van der Waals surface area (Å²) in [6, 6.07) is 0. The predicted molar refractivity (Wildman–Crippen MR) is 42.3 cm³/mol. The molecule has 1 aromatic heterocycles. The van der Waals surface area contributed by atoms with Gasteiger partial charge in [0.2, 0.25) is 0 Å². The summed E-state index contributed by atoms with van der Waals surface area (Å²) >= 11 is 5.67. The molecule has 0 radical (unpaired) electrons. The van der Waals surface area contributed by atoms with Gasteiger partial charge in [-0.3, -0.25) is 0 Å². The summed E-state index contributed by atoms with van der Waals surface area (Å²) in [5.41, 5.74) is 0.499. The first kappa shape index (κ1) is 8.43. The van der Waals surface area contributed by atoms with Crippen LogP contribution in [0.5, 0.6) is 0 Å². The Kier molecular flexibility index (Phi) is 2.79. The standard InChI is InChI=1S/C7H9ClN2O/c1-2-7-9-3-5(8)6(4-11)10-7/h3,11H,2,4H2,1H3. The highest BCUT2D eigenvalue weighted by Gasteiger charge is 2.01. The Hall–Kier alpha value is -0.670. The van der Waals surface area contributed by atoms with Crippen LogP contribution in [0.15, 0.2) is 6.20 Å². The minimum atomic E-state index is -0.131. The van der Waals surface area contributed by atoms with Crippen molar-refractivity contribution in [1.82, 2.24) is 9.97 Å². The summed E-state index contributed by atoms with van der Waals surface area (Å²) in [5, 5.41) is 9.18. The molecule has 0 bridgehead atoms. The average molecular weight is 173 g/mol. The molecule has 0 aliphatic rings. The van der Waals surface area contributed by atoms with Crippen LogP contribution < -0.4 is 0 Å². The maximum absolute atomic E-state index is 8.76. The Bertz CT molecular complexity index is 252. The lowest BCUT2D eigenvalue weighted by atomic mass is 10.4. The van der Waals surface area contributed by atoms with E-state index >= 15 is 0 Å². The minimum absolute atomic E-state index is 0.131.